The molecule has 0 saturated heterocycles. The Morgan fingerprint density at radius 2 is 1.89 bits per heavy atom. The molecule has 0 fully saturated rings. The fourth-order valence-electron chi connectivity index (χ4n) is 0.309. The largest absolute Gasteiger partial charge is 0.348 e. The third-order valence-electron chi connectivity index (χ3n) is 0.678. The molecule has 0 spiro atoms. The van der Waals surface area contributed by atoms with E-state index in [4.69, 9.17) is 0 Å². The highest BCUT2D eigenvalue weighted by Gasteiger charge is 1.85. The van der Waals surface area contributed by atoms with E-state index in [1.807, 2.05) is 14.0 Å². The highest BCUT2D eigenvalue weighted by Crippen LogP contribution is 1.43. The average molecular weight is 126 g/mol. The lowest BCUT2D eigenvalue weighted by molar-refractivity contribution is 0.866. The second-order valence-electron chi connectivity index (χ2n) is 1.42. The Bertz CT molecular complexity index is 47.1. The van der Waals surface area contributed by atoms with E-state index in [1.165, 1.54) is 0 Å². The van der Waals surface area contributed by atoms with Gasteiger partial charge in [0.1, 0.15) is 0 Å². The predicted octanol–water partition coefficient (Wildman–Crippen LogP) is -2.02. The SMILES string of the molecule is CCN[B]NN[B]NC. The molecule has 0 amide bonds. The third-order valence-corrected chi connectivity index (χ3v) is 0.678. The van der Waals surface area contributed by atoms with Gasteiger partial charge in [-0.05, 0) is 13.6 Å². The van der Waals surface area contributed by atoms with Gasteiger partial charge in [0, 0.05) is 0 Å². The predicted molar refractivity (Wildman–Crippen MR) is 40.5 cm³/mol. The van der Waals surface area contributed by atoms with E-state index >= 15 is 0 Å². The number of rotatable bonds is 6. The lowest BCUT2D eigenvalue weighted by Crippen LogP contribution is -2.47. The molecule has 0 aromatic heterocycles. The van der Waals surface area contributed by atoms with Crippen molar-refractivity contribution in [1.82, 2.24) is 21.1 Å². The Hall–Kier alpha value is -0.0301. The summed E-state index contributed by atoms with van der Waals surface area (Å²) in [5.41, 5.74) is 0. The molecular formula is C3H12B2N4. The van der Waals surface area contributed by atoms with Crippen molar-refractivity contribution in [1.29, 1.82) is 0 Å². The second kappa shape index (κ2) is 7.97. The summed E-state index contributed by atoms with van der Waals surface area (Å²) in [5, 5.41) is 11.3. The van der Waals surface area contributed by atoms with Crippen LogP contribution >= 0.6 is 0 Å². The molecule has 50 valence electrons. The van der Waals surface area contributed by atoms with Gasteiger partial charge in [-0.2, -0.15) is 0 Å². The summed E-state index contributed by atoms with van der Waals surface area (Å²) in [7, 11) is 5.24. The quantitative estimate of drug-likeness (QED) is 0.188. The zero-order valence-electron chi connectivity index (χ0n) is 5.86. The van der Waals surface area contributed by atoms with Gasteiger partial charge in [0.25, 0.3) is 0 Å². The third kappa shape index (κ3) is 7.97. The van der Waals surface area contributed by atoms with Crippen molar-refractivity contribution in [2.45, 2.75) is 6.92 Å². The molecule has 0 atom stereocenters. The van der Waals surface area contributed by atoms with Crippen molar-refractivity contribution < 1.29 is 0 Å². The number of hydrogen-bond donors (Lipinski definition) is 4. The molecule has 0 aliphatic carbocycles. The van der Waals surface area contributed by atoms with Crippen LogP contribution in [-0.2, 0) is 0 Å². The van der Waals surface area contributed by atoms with Crippen LogP contribution in [0.15, 0.2) is 0 Å². The highest BCUT2D eigenvalue weighted by molar-refractivity contribution is 6.33. The minimum Gasteiger partial charge on any atom is -0.348 e. The summed E-state index contributed by atoms with van der Waals surface area (Å²) in [4.78, 5) is 0. The fraction of sp³-hybridized carbons (Fsp3) is 1.00. The molecule has 2 radical (unpaired) electrons. The molecule has 4 N–H and O–H groups in total. The monoisotopic (exact) mass is 126 g/mol. The first-order valence-electron chi connectivity index (χ1n) is 2.97. The summed E-state index contributed by atoms with van der Waals surface area (Å²) in [6.45, 7) is 2.95. The van der Waals surface area contributed by atoms with Crippen LogP contribution in [0.3, 0.4) is 0 Å². The van der Waals surface area contributed by atoms with Gasteiger partial charge in [0.15, 0.2) is 0 Å². The van der Waals surface area contributed by atoms with Crippen LogP contribution < -0.4 is 21.1 Å². The van der Waals surface area contributed by atoms with Crippen LogP contribution in [0.5, 0.6) is 0 Å². The Morgan fingerprint density at radius 1 is 1.22 bits per heavy atom. The molecule has 0 rings (SSSR count). The van der Waals surface area contributed by atoms with Crippen molar-refractivity contribution in [3.8, 4) is 0 Å². The van der Waals surface area contributed by atoms with Crippen LogP contribution in [0.1, 0.15) is 6.92 Å². The Morgan fingerprint density at radius 3 is 2.44 bits per heavy atom. The van der Waals surface area contributed by atoms with E-state index in [0.717, 1.165) is 6.54 Å². The number of hydrazine groups is 1. The lowest BCUT2D eigenvalue weighted by atomic mass is 10.1. The van der Waals surface area contributed by atoms with Gasteiger partial charge in [-0.15, -0.1) is 0 Å². The van der Waals surface area contributed by atoms with Gasteiger partial charge < -0.3 is 10.5 Å². The van der Waals surface area contributed by atoms with E-state index in [9.17, 15) is 0 Å². The van der Waals surface area contributed by atoms with Crippen LogP contribution in [0.4, 0.5) is 0 Å². The van der Waals surface area contributed by atoms with Crippen molar-refractivity contribution in [3.63, 3.8) is 0 Å². The van der Waals surface area contributed by atoms with Crippen LogP contribution in [0.25, 0.3) is 0 Å². The molecule has 0 saturated carbocycles. The van der Waals surface area contributed by atoms with Gasteiger partial charge >= 0.3 is 15.1 Å². The first-order valence-corrected chi connectivity index (χ1v) is 2.97. The molecule has 9 heavy (non-hydrogen) atoms. The Balaban J connectivity index is 2.60. The van der Waals surface area contributed by atoms with Gasteiger partial charge in [0.2, 0.25) is 0 Å². The number of nitrogens with one attached hydrogen (secondary N) is 4. The summed E-state index contributed by atoms with van der Waals surface area (Å²) in [6, 6.07) is 0. The molecule has 0 aliphatic rings. The maximum Gasteiger partial charge on any atom is 0.321 e. The molecule has 4 nitrogen and oxygen atoms in total. The summed E-state index contributed by atoms with van der Waals surface area (Å²) >= 11 is 0. The Labute approximate surface area is 57.7 Å². The van der Waals surface area contributed by atoms with E-state index < -0.39 is 0 Å². The Kier molecular flexibility index (Phi) is 7.94. The fourth-order valence-corrected chi connectivity index (χ4v) is 0.309. The number of hydrogen-bond acceptors (Lipinski definition) is 4. The molecule has 0 aromatic carbocycles. The summed E-state index contributed by atoms with van der Waals surface area (Å²) < 4.78 is 0. The minimum absolute atomic E-state index is 0.925. The lowest BCUT2D eigenvalue weighted by Gasteiger charge is -2.01. The zero-order valence-corrected chi connectivity index (χ0v) is 5.86. The molecule has 6 heteroatoms. The molecule has 0 unspecified atom stereocenters. The molecule has 0 heterocycles. The molecule has 0 bridgehead atoms. The maximum atomic E-state index is 2.96. The smallest absolute Gasteiger partial charge is 0.321 e. The van der Waals surface area contributed by atoms with E-state index in [1.54, 1.807) is 15.1 Å². The first kappa shape index (κ1) is 8.97. The van der Waals surface area contributed by atoms with Crippen LogP contribution in [-0.4, -0.2) is 28.7 Å². The van der Waals surface area contributed by atoms with E-state index in [0.29, 0.717) is 0 Å². The van der Waals surface area contributed by atoms with Crippen molar-refractivity contribution >= 4 is 15.1 Å². The standard InChI is InChI=1S/C3H12B2N4/c1-3-7-5-9-8-4-6-2/h6-9H,3H2,1-2H3. The molecular weight excluding hydrogens is 114 g/mol. The van der Waals surface area contributed by atoms with Crippen molar-refractivity contribution in [3.05, 3.63) is 0 Å². The summed E-state index contributed by atoms with van der Waals surface area (Å²) in [5.74, 6) is 0. The van der Waals surface area contributed by atoms with Crippen molar-refractivity contribution in [2.75, 3.05) is 13.6 Å². The van der Waals surface area contributed by atoms with Gasteiger partial charge in [0.05, 0.1) is 0 Å². The van der Waals surface area contributed by atoms with Gasteiger partial charge in [-0.3, -0.25) is 10.7 Å². The maximum absolute atomic E-state index is 2.96. The van der Waals surface area contributed by atoms with Crippen LogP contribution in [0.2, 0.25) is 0 Å². The second-order valence-corrected chi connectivity index (χ2v) is 1.42. The van der Waals surface area contributed by atoms with Crippen molar-refractivity contribution in [2.24, 2.45) is 0 Å². The average Bonchev–Trinajstić information content (AvgIpc) is 1.89. The van der Waals surface area contributed by atoms with Gasteiger partial charge in [-0.1, -0.05) is 6.92 Å². The summed E-state index contributed by atoms with van der Waals surface area (Å²) in [6.07, 6.45) is 0. The normalized spacial score (nSPS) is 9.11. The van der Waals surface area contributed by atoms with Crippen LogP contribution in [0, 0.1) is 0 Å². The van der Waals surface area contributed by atoms with E-state index in [2.05, 4.69) is 21.1 Å². The topological polar surface area (TPSA) is 48.1 Å². The van der Waals surface area contributed by atoms with E-state index in [-0.39, 0.29) is 0 Å². The minimum atomic E-state index is 0.925. The first-order chi connectivity index (χ1) is 4.41. The zero-order chi connectivity index (χ0) is 6.95. The molecule has 0 aromatic rings. The highest BCUT2D eigenvalue weighted by atomic mass is 15.3. The molecule has 0 aliphatic heterocycles. The van der Waals surface area contributed by atoms with Gasteiger partial charge in [-0.25, -0.2) is 0 Å².